The zero-order valence-electron chi connectivity index (χ0n) is 10.3. The summed E-state index contributed by atoms with van der Waals surface area (Å²) < 4.78 is 21.9. The number of sulfone groups is 1. The van der Waals surface area contributed by atoms with E-state index in [0.29, 0.717) is 12.3 Å². The predicted molar refractivity (Wildman–Crippen MR) is 65.7 cm³/mol. The lowest BCUT2D eigenvalue weighted by atomic mass is 9.93. The topological polar surface area (TPSA) is 74.7 Å². The number of hydrogen-bond donors (Lipinski definition) is 1. The van der Waals surface area contributed by atoms with Gasteiger partial charge in [0.2, 0.25) is 0 Å². The summed E-state index contributed by atoms with van der Waals surface area (Å²) in [6, 6.07) is 0. The van der Waals surface area contributed by atoms with Gasteiger partial charge in [-0.1, -0.05) is 0 Å². The number of piperidine rings is 1. The number of carboxylic acid groups (broad SMARTS) is 1. The Morgan fingerprint density at radius 2 is 1.94 bits per heavy atom. The van der Waals surface area contributed by atoms with E-state index in [0.717, 1.165) is 32.5 Å². The summed E-state index contributed by atoms with van der Waals surface area (Å²) >= 11 is 0. The molecule has 1 rings (SSSR count). The van der Waals surface area contributed by atoms with Crippen LogP contribution < -0.4 is 0 Å². The van der Waals surface area contributed by atoms with Gasteiger partial charge in [0.1, 0.15) is 9.84 Å². The minimum atomic E-state index is -2.86. The van der Waals surface area contributed by atoms with Crippen LogP contribution >= 0.6 is 0 Å². The first-order chi connectivity index (χ1) is 7.87. The molecule has 1 N–H and O–H groups in total. The SMILES string of the molecule is CS(=O)(=O)CCCN1CCC(CC(=O)O)CC1. The van der Waals surface area contributed by atoms with Gasteiger partial charge in [-0.3, -0.25) is 4.79 Å². The van der Waals surface area contributed by atoms with Crippen molar-refractivity contribution >= 4 is 15.8 Å². The molecule has 1 aliphatic heterocycles. The fourth-order valence-corrected chi connectivity index (χ4v) is 2.86. The van der Waals surface area contributed by atoms with Gasteiger partial charge in [0.15, 0.2) is 0 Å². The van der Waals surface area contributed by atoms with Crippen molar-refractivity contribution in [3.63, 3.8) is 0 Å². The fourth-order valence-electron chi connectivity index (χ4n) is 2.21. The van der Waals surface area contributed by atoms with E-state index in [-0.39, 0.29) is 12.2 Å². The maximum absolute atomic E-state index is 11.0. The molecule has 0 aromatic carbocycles. The quantitative estimate of drug-likeness (QED) is 0.760. The molecule has 0 saturated carbocycles. The highest BCUT2D eigenvalue weighted by Crippen LogP contribution is 2.20. The summed E-state index contributed by atoms with van der Waals surface area (Å²) in [5.41, 5.74) is 0. The van der Waals surface area contributed by atoms with E-state index >= 15 is 0 Å². The largest absolute Gasteiger partial charge is 0.481 e. The van der Waals surface area contributed by atoms with Crippen LogP contribution in [0.5, 0.6) is 0 Å². The van der Waals surface area contributed by atoms with Crippen LogP contribution in [0.2, 0.25) is 0 Å². The van der Waals surface area contributed by atoms with Gasteiger partial charge in [-0.05, 0) is 44.8 Å². The van der Waals surface area contributed by atoms with Crippen molar-refractivity contribution in [1.82, 2.24) is 4.90 Å². The minimum absolute atomic E-state index is 0.238. The van der Waals surface area contributed by atoms with Crippen LogP contribution in [0.1, 0.15) is 25.7 Å². The number of carboxylic acids is 1. The van der Waals surface area contributed by atoms with Gasteiger partial charge in [-0.25, -0.2) is 8.42 Å². The normalized spacial score (nSPS) is 19.4. The van der Waals surface area contributed by atoms with Crippen LogP contribution in [-0.2, 0) is 14.6 Å². The molecule has 100 valence electrons. The van der Waals surface area contributed by atoms with Crippen LogP contribution in [0.15, 0.2) is 0 Å². The summed E-state index contributed by atoms with van der Waals surface area (Å²) in [5.74, 6) is -0.193. The third kappa shape index (κ3) is 6.63. The Bertz CT molecular complexity index is 344. The molecule has 0 amide bonds. The molecule has 0 bridgehead atoms. The molecule has 6 heteroatoms. The minimum Gasteiger partial charge on any atom is -0.481 e. The summed E-state index contributed by atoms with van der Waals surface area (Å²) in [6.07, 6.45) is 4.00. The maximum atomic E-state index is 11.0. The smallest absolute Gasteiger partial charge is 0.303 e. The molecule has 0 aliphatic carbocycles. The second kappa shape index (κ2) is 6.35. The van der Waals surface area contributed by atoms with Crippen molar-refractivity contribution in [3.8, 4) is 0 Å². The molecular formula is C11H21NO4S. The van der Waals surface area contributed by atoms with Crippen LogP contribution in [0, 0.1) is 5.92 Å². The Kier molecular flexibility index (Phi) is 5.39. The summed E-state index contributed by atoms with van der Waals surface area (Å²) in [6.45, 7) is 2.58. The van der Waals surface area contributed by atoms with Crippen LogP contribution in [0.4, 0.5) is 0 Å². The van der Waals surface area contributed by atoms with E-state index in [1.165, 1.54) is 6.26 Å². The molecule has 0 spiro atoms. The fraction of sp³-hybridized carbons (Fsp3) is 0.909. The molecule has 0 unspecified atom stereocenters. The number of nitrogens with zero attached hydrogens (tertiary/aromatic N) is 1. The van der Waals surface area contributed by atoms with Crippen molar-refractivity contribution in [1.29, 1.82) is 0 Å². The number of carbonyl (C=O) groups is 1. The Labute approximate surface area is 103 Å². The van der Waals surface area contributed by atoms with Crippen molar-refractivity contribution in [2.75, 3.05) is 31.6 Å². The second-order valence-electron chi connectivity index (χ2n) is 4.87. The molecule has 1 heterocycles. The van der Waals surface area contributed by atoms with Gasteiger partial charge in [0, 0.05) is 12.7 Å². The first-order valence-corrected chi connectivity index (χ1v) is 8.05. The number of rotatable bonds is 6. The molecule has 1 aliphatic rings. The predicted octanol–water partition coefficient (Wildman–Crippen LogP) is 0.608. The molecule has 0 aromatic rings. The van der Waals surface area contributed by atoms with Crippen molar-refractivity contribution < 1.29 is 18.3 Å². The van der Waals surface area contributed by atoms with E-state index in [2.05, 4.69) is 4.90 Å². The van der Waals surface area contributed by atoms with Crippen molar-refractivity contribution in [2.45, 2.75) is 25.7 Å². The van der Waals surface area contributed by atoms with Gasteiger partial charge < -0.3 is 10.0 Å². The summed E-state index contributed by atoms with van der Waals surface area (Å²) in [5, 5.41) is 8.68. The first kappa shape index (κ1) is 14.4. The van der Waals surface area contributed by atoms with Gasteiger partial charge in [0.25, 0.3) is 0 Å². The van der Waals surface area contributed by atoms with E-state index in [4.69, 9.17) is 5.11 Å². The van der Waals surface area contributed by atoms with Gasteiger partial charge in [0.05, 0.1) is 5.75 Å². The van der Waals surface area contributed by atoms with Gasteiger partial charge >= 0.3 is 5.97 Å². The van der Waals surface area contributed by atoms with Gasteiger partial charge in [-0.2, -0.15) is 0 Å². The highest BCUT2D eigenvalue weighted by molar-refractivity contribution is 7.90. The molecule has 0 radical (unpaired) electrons. The highest BCUT2D eigenvalue weighted by atomic mass is 32.2. The first-order valence-electron chi connectivity index (χ1n) is 5.98. The third-order valence-electron chi connectivity index (χ3n) is 3.16. The number of hydrogen-bond acceptors (Lipinski definition) is 4. The zero-order chi connectivity index (χ0) is 12.9. The third-order valence-corrected chi connectivity index (χ3v) is 4.19. The standard InChI is InChI=1S/C11H21NO4S/c1-17(15,16)8-2-5-12-6-3-10(4-7-12)9-11(13)14/h10H,2-9H2,1H3,(H,13,14). The summed E-state index contributed by atoms with van der Waals surface area (Å²) in [7, 11) is -2.86. The molecule has 17 heavy (non-hydrogen) atoms. The van der Waals surface area contributed by atoms with E-state index < -0.39 is 15.8 Å². The van der Waals surface area contributed by atoms with Crippen LogP contribution in [-0.4, -0.2) is 56.0 Å². The van der Waals surface area contributed by atoms with E-state index in [9.17, 15) is 13.2 Å². The zero-order valence-corrected chi connectivity index (χ0v) is 11.1. The lowest BCUT2D eigenvalue weighted by molar-refractivity contribution is -0.138. The highest BCUT2D eigenvalue weighted by Gasteiger charge is 2.20. The lowest BCUT2D eigenvalue weighted by Crippen LogP contribution is -2.35. The van der Waals surface area contributed by atoms with Crippen molar-refractivity contribution in [3.05, 3.63) is 0 Å². The average molecular weight is 263 g/mol. The number of aliphatic carboxylic acids is 1. The molecule has 1 fully saturated rings. The molecular weight excluding hydrogens is 242 g/mol. The molecule has 5 nitrogen and oxygen atoms in total. The Morgan fingerprint density at radius 1 is 1.35 bits per heavy atom. The number of likely N-dealkylation sites (tertiary alicyclic amines) is 1. The van der Waals surface area contributed by atoms with Crippen LogP contribution in [0.25, 0.3) is 0 Å². The van der Waals surface area contributed by atoms with Crippen molar-refractivity contribution in [2.24, 2.45) is 5.92 Å². The lowest BCUT2D eigenvalue weighted by Gasteiger charge is -2.31. The maximum Gasteiger partial charge on any atom is 0.303 e. The second-order valence-corrected chi connectivity index (χ2v) is 7.13. The molecule has 0 aromatic heterocycles. The van der Waals surface area contributed by atoms with E-state index in [1.807, 2.05) is 0 Å². The van der Waals surface area contributed by atoms with Crippen LogP contribution in [0.3, 0.4) is 0 Å². The Hall–Kier alpha value is -0.620. The monoisotopic (exact) mass is 263 g/mol. The molecule has 0 atom stereocenters. The van der Waals surface area contributed by atoms with E-state index in [1.54, 1.807) is 0 Å². The average Bonchev–Trinajstić information content (AvgIpc) is 2.18. The molecule has 1 saturated heterocycles. The van der Waals surface area contributed by atoms with Gasteiger partial charge in [-0.15, -0.1) is 0 Å². The summed E-state index contributed by atoms with van der Waals surface area (Å²) in [4.78, 5) is 12.8. The Balaban J connectivity index is 2.17. The Morgan fingerprint density at radius 3 is 2.41 bits per heavy atom.